The van der Waals surface area contributed by atoms with Crippen molar-refractivity contribution in [2.75, 3.05) is 11.4 Å². The third-order valence-electron chi connectivity index (χ3n) is 4.85. The Labute approximate surface area is 130 Å². The standard InChI is InChI=1S/C16H24N4S/c1-2-13-5-3-4-8-19(13)15-14(11-17-12-6-7-12)20-9-10-21-16(20)18-15/h9-10,12-13,17H,2-8,11H2,1H3. The predicted molar refractivity (Wildman–Crippen MR) is 88.2 cm³/mol. The summed E-state index contributed by atoms with van der Waals surface area (Å²) < 4.78 is 2.29. The Morgan fingerprint density at radius 1 is 1.33 bits per heavy atom. The second-order valence-electron chi connectivity index (χ2n) is 6.34. The van der Waals surface area contributed by atoms with Gasteiger partial charge in [-0.15, -0.1) is 11.3 Å². The molecule has 1 atom stereocenters. The van der Waals surface area contributed by atoms with Crippen molar-refractivity contribution >= 4 is 22.1 Å². The number of thiazole rings is 1. The van der Waals surface area contributed by atoms with Gasteiger partial charge >= 0.3 is 0 Å². The molecule has 3 heterocycles. The van der Waals surface area contributed by atoms with Gasteiger partial charge in [-0.1, -0.05) is 6.92 Å². The van der Waals surface area contributed by atoms with Gasteiger partial charge in [0.25, 0.3) is 0 Å². The molecule has 2 aromatic heterocycles. The minimum atomic E-state index is 0.669. The Kier molecular flexibility index (Phi) is 3.63. The van der Waals surface area contributed by atoms with E-state index in [0.29, 0.717) is 6.04 Å². The molecule has 0 amide bonds. The second kappa shape index (κ2) is 5.61. The number of anilines is 1. The van der Waals surface area contributed by atoms with Crippen molar-refractivity contribution in [3.63, 3.8) is 0 Å². The van der Waals surface area contributed by atoms with Crippen LogP contribution in [0.15, 0.2) is 11.6 Å². The fourth-order valence-electron chi connectivity index (χ4n) is 3.45. The highest BCUT2D eigenvalue weighted by molar-refractivity contribution is 7.15. The summed E-state index contributed by atoms with van der Waals surface area (Å²) in [5.41, 5.74) is 1.36. The van der Waals surface area contributed by atoms with Crippen LogP contribution in [-0.4, -0.2) is 28.0 Å². The van der Waals surface area contributed by atoms with Gasteiger partial charge in [-0.2, -0.15) is 0 Å². The molecule has 1 unspecified atom stereocenters. The number of hydrogen-bond donors (Lipinski definition) is 1. The molecule has 4 nitrogen and oxygen atoms in total. The highest BCUT2D eigenvalue weighted by atomic mass is 32.1. The first kappa shape index (κ1) is 13.6. The summed E-state index contributed by atoms with van der Waals surface area (Å²) in [5.74, 6) is 1.24. The molecular formula is C16H24N4S. The summed E-state index contributed by atoms with van der Waals surface area (Å²) in [6, 6.07) is 1.41. The van der Waals surface area contributed by atoms with E-state index in [-0.39, 0.29) is 0 Å². The van der Waals surface area contributed by atoms with Crippen LogP contribution in [0.1, 0.15) is 51.1 Å². The summed E-state index contributed by atoms with van der Waals surface area (Å²) in [7, 11) is 0. The summed E-state index contributed by atoms with van der Waals surface area (Å²) in [4.78, 5) is 8.67. The third kappa shape index (κ3) is 2.57. The summed E-state index contributed by atoms with van der Waals surface area (Å²) >= 11 is 1.74. The highest BCUT2D eigenvalue weighted by Gasteiger charge is 2.28. The molecule has 0 spiro atoms. The molecule has 114 valence electrons. The molecule has 1 aliphatic carbocycles. The van der Waals surface area contributed by atoms with E-state index >= 15 is 0 Å². The maximum atomic E-state index is 4.96. The van der Waals surface area contributed by atoms with E-state index in [1.165, 1.54) is 56.6 Å². The van der Waals surface area contributed by atoms with Crippen LogP contribution in [0.3, 0.4) is 0 Å². The third-order valence-corrected chi connectivity index (χ3v) is 5.60. The molecule has 2 aliphatic rings. The fraction of sp³-hybridized carbons (Fsp3) is 0.688. The second-order valence-corrected chi connectivity index (χ2v) is 7.22. The average molecular weight is 304 g/mol. The Morgan fingerprint density at radius 3 is 3.05 bits per heavy atom. The van der Waals surface area contributed by atoms with E-state index in [1.54, 1.807) is 11.3 Å². The first-order valence-electron chi connectivity index (χ1n) is 8.31. The van der Waals surface area contributed by atoms with E-state index in [9.17, 15) is 0 Å². The Morgan fingerprint density at radius 2 is 2.24 bits per heavy atom. The Hall–Kier alpha value is -1.07. The molecular weight excluding hydrogens is 280 g/mol. The number of nitrogens with one attached hydrogen (secondary N) is 1. The minimum Gasteiger partial charge on any atom is -0.352 e. The predicted octanol–water partition coefficient (Wildman–Crippen LogP) is 3.42. The summed E-state index contributed by atoms with van der Waals surface area (Å²) in [5, 5.41) is 5.81. The van der Waals surface area contributed by atoms with Gasteiger partial charge in [-0.3, -0.25) is 4.40 Å². The Balaban J connectivity index is 1.68. The fourth-order valence-corrected chi connectivity index (χ4v) is 4.18. The van der Waals surface area contributed by atoms with Gasteiger partial charge in [0.15, 0.2) is 10.8 Å². The SMILES string of the molecule is CCC1CCCCN1c1nc2sccn2c1CNC1CC1. The maximum absolute atomic E-state index is 4.96. The molecule has 2 fully saturated rings. The molecule has 1 N–H and O–H groups in total. The molecule has 0 aromatic carbocycles. The van der Waals surface area contributed by atoms with Crippen LogP contribution in [0.5, 0.6) is 0 Å². The van der Waals surface area contributed by atoms with Gasteiger partial charge in [-0.25, -0.2) is 4.98 Å². The van der Waals surface area contributed by atoms with Crippen LogP contribution in [-0.2, 0) is 6.54 Å². The maximum Gasteiger partial charge on any atom is 0.195 e. The van der Waals surface area contributed by atoms with E-state index in [4.69, 9.17) is 4.98 Å². The normalized spacial score (nSPS) is 23.1. The molecule has 4 rings (SSSR count). The van der Waals surface area contributed by atoms with Crippen molar-refractivity contribution in [3.05, 3.63) is 17.3 Å². The van der Waals surface area contributed by atoms with E-state index in [0.717, 1.165) is 17.5 Å². The van der Waals surface area contributed by atoms with Crippen molar-refractivity contribution in [1.82, 2.24) is 14.7 Å². The number of nitrogens with zero attached hydrogens (tertiary/aromatic N) is 3. The molecule has 1 saturated carbocycles. The van der Waals surface area contributed by atoms with E-state index in [2.05, 4.69) is 33.1 Å². The monoisotopic (exact) mass is 304 g/mol. The highest BCUT2D eigenvalue weighted by Crippen LogP contribution is 2.31. The van der Waals surface area contributed by atoms with Crippen molar-refractivity contribution in [2.45, 2.75) is 64.1 Å². The Bertz CT molecular complexity index is 613. The van der Waals surface area contributed by atoms with Gasteiger partial charge in [0, 0.05) is 36.8 Å². The zero-order chi connectivity index (χ0) is 14.2. The van der Waals surface area contributed by atoms with Crippen LogP contribution >= 0.6 is 11.3 Å². The largest absolute Gasteiger partial charge is 0.352 e. The molecule has 0 bridgehead atoms. The smallest absolute Gasteiger partial charge is 0.195 e. The van der Waals surface area contributed by atoms with Crippen molar-refractivity contribution in [3.8, 4) is 0 Å². The summed E-state index contributed by atoms with van der Waals surface area (Å²) in [6.07, 6.45) is 10.1. The minimum absolute atomic E-state index is 0.669. The van der Waals surface area contributed by atoms with Crippen LogP contribution in [0.25, 0.3) is 4.96 Å². The summed E-state index contributed by atoms with van der Waals surface area (Å²) in [6.45, 7) is 4.42. The lowest BCUT2D eigenvalue weighted by Gasteiger charge is -2.36. The van der Waals surface area contributed by atoms with E-state index < -0.39 is 0 Å². The van der Waals surface area contributed by atoms with Gasteiger partial charge in [0.2, 0.25) is 0 Å². The van der Waals surface area contributed by atoms with Crippen LogP contribution in [0.2, 0.25) is 0 Å². The molecule has 1 aliphatic heterocycles. The van der Waals surface area contributed by atoms with Crippen LogP contribution in [0.4, 0.5) is 5.82 Å². The van der Waals surface area contributed by atoms with Crippen molar-refractivity contribution in [2.24, 2.45) is 0 Å². The lowest BCUT2D eigenvalue weighted by Crippen LogP contribution is -2.40. The lowest BCUT2D eigenvalue weighted by atomic mass is 10.00. The molecule has 1 saturated heterocycles. The average Bonchev–Trinajstić information content (AvgIpc) is 3.12. The van der Waals surface area contributed by atoms with Crippen LogP contribution in [0, 0.1) is 0 Å². The van der Waals surface area contributed by atoms with Gasteiger partial charge in [0.1, 0.15) is 0 Å². The van der Waals surface area contributed by atoms with Crippen molar-refractivity contribution < 1.29 is 0 Å². The molecule has 0 radical (unpaired) electrons. The number of piperidine rings is 1. The quantitative estimate of drug-likeness (QED) is 0.918. The zero-order valence-electron chi connectivity index (χ0n) is 12.7. The number of fused-ring (bicyclic) bond motifs is 1. The van der Waals surface area contributed by atoms with Gasteiger partial charge < -0.3 is 10.2 Å². The first-order valence-corrected chi connectivity index (χ1v) is 9.19. The van der Waals surface area contributed by atoms with Gasteiger partial charge in [-0.05, 0) is 38.5 Å². The number of aromatic nitrogens is 2. The topological polar surface area (TPSA) is 32.6 Å². The number of hydrogen-bond acceptors (Lipinski definition) is 4. The van der Waals surface area contributed by atoms with Gasteiger partial charge in [0.05, 0.1) is 5.69 Å². The lowest BCUT2D eigenvalue weighted by molar-refractivity contribution is 0.445. The molecule has 21 heavy (non-hydrogen) atoms. The van der Waals surface area contributed by atoms with Crippen molar-refractivity contribution in [1.29, 1.82) is 0 Å². The van der Waals surface area contributed by atoms with E-state index in [1.807, 2.05) is 0 Å². The number of imidazole rings is 1. The first-order chi connectivity index (χ1) is 10.4. The number of rotatable bonds is 5. The molecule has 5 heteroatoms. The zero-order valence-corrected chi connectivity index (χ0v) is 13.5. The van der Waals surface area contributed by atoms with Crippen LogP contribution < -0.4 is 10.2 Å². The molecule has 2 aromatic rings.